The summed E-state index contributed by atoms with van der Waals surface area (Å²) in [6, 6.07) is 31.6. The molecule has 0 amide bonds. The van der Waals surface area contributed by atoms with E-state index in [1.165, 1.54) is 33.0 Å². The Bertz CT molecular complexity index is 2410. The number of aromatic nitrogens is 2. The number of hydrogen-bond acceptors (Lipinski definition) is 2. The molecule has 7 aromatic rings. The first-order valence-corrected chi connectivity index (χ1v) is 16.7. The molecule has 0 aliphatic heterocycles. The lowest BCUT2D eigenvalue weighted by atomic mass is 9.73. The molecular weight excluding hydrogens is 585 g/mol. The van der Waals surface area contributed by atoms with Gasteiger partial charge in [-0.25, -0.2) is 0 Å². The van der Waals surface area contributed by atoms with Crippen LogP contribution in [0.4, 0.5) is 0 Å². The van der Waals surface area contributed by atoms with Crippen LogP contribution >= 0.6 is 0 Å². The van der Waals surface area contributed by atoms with Gasteiger partial charge in [-0.2, -0.15) is 10.5 Å². The highest BCUT2D eigenvalue weighted by molar-refractivity contribution is 6.12. The molecule has 238 valence electrons. The molecule has 0 saturated carbocycles. The molecule has 48 heavy (non-hydrogen) atoms. The quantitative estimate of drug-likeness (QED) is 0.192. The Labute approximate surface area is 283 Å². The normalized spacial score (nSPS) is 12.3. The third-order valence-corrected chi connectivity index (χ3v) is 9.77. The van der Waals surface area contributed by atoms with Crippen LogP contribution in [-0.4, -0.2) is 9.13 Å². The van der Waals surface area contributed by atoms with Crippen LogP contribution < -0.4 is 0 Å². The molecular formula is C44H42N4. The Morgan fingerprint density at radius 2 is 0.708 bits per heavy atom. The molecule has 0 atom stereocenters. The summed E-state index contributed by atoms with van der Waals surface area (Å²) in [6.07, 6.45) is 0. The fourth-order valence-electron chi connectivity index (χ4n) is 7.83. The van der Waals surface area contributed by atoms with Crippen molar-refractivity contribution in [2.45, 2.75) is 80.1 Å². The van der Waals surface area contributed by atoms with Crippen molar-refractivity contribution < 1.29 is 0 Å². The van der Waals surface area contributed by atoms with Crippen LogP contribution in [0.3, 0.4) is 0 Å². The lowest BCUT2D eigenvalue weighted by Gasteiger charge is -2.35. The summed E-state index contributed by atoms with van der Waals surface area (Å²) >= 11 is 0. The SMILES string of the molecule is Cc1ccc2c(c1)c1cc(C)ccc1n2-c1c(C#N)c(C(C)(C)C)c(-n2c3ccc(C)cc3c3cc(C)ccc32)c(C(C)(C)C)c1C#N. The molecule has 2 aromatic heterocycles. The van der Waals surface area contributed by atoms with Gasteiger partial charge in [0.2, 0.25) is 0 Å². The first-order valence-electron chi connectivity index (χ1n) is 16.7. The molecule has 0 aliphatic rings. The smallest absolute Gasteiger partial charge is 0.102 e. The van der Waals surface area contributed by atoms with Crippen LogP contribution in [0.15, 0.2) is 72.8 Å². The lowest BCUT2D eigenvalue weighted by molar-refractivity contribution is 0.561. The number of nitrogens with zero attached hydrogens (tertiary/aromatic N) is 4. The molecule has 2 heterocycles. The number of aryl methyl sites for hydroxylation is 4. The first kappa shape index (κ1) is 31.3. The van der Waals surface area contributed by atoms with Gasteiger partial charge in [0.05, 0.1) is 44.6 Å². The fourth-order valence-corrected chi connectivity index (χ4v) is 7.83. The second kappa shape index (κ2) is 10.6. The van der Waals surface area contributed by atoms with E-state index in [1.54, 1.807) is 0 Å². The maximum Gasteiger partial charge on any atom is 0.102 e. The molecule has 7 rings (SSSR count). The summed E-state index contributed by atoms with van der Waals surface area (Å²) in [4.78, 5) is 0. The molecule has 4 heteroatoms. The van der Waals surface area contributed by atoms with Crippen LogP contribution in [-0.2, 0) is 10.8 Å². The van der Waals surface area contributed by atoms with Gasteiger partial charge in [-0.15, -0.1) is 0 Å². The van der Waals surface area contributed by atoms with E-state index in [4.69, 9.17) is 0 Å². The van der Waals surface area contributed by atoms with Gasteiger partial charge >= 0.3 is 0 Å². The van der Waals surface area contributed by atoms with Crippen molar-refractivity contribution in [3.63, 3.8) is 0 Å². The van der Waals surface area contributed by atoms with Crippen LogP contribution in [0.5, 0.6) is 0 Å². The minimum absolute atomic E-state index is 0.451. The summed E-state index contributed by atoms with van der Waals surface area (Å²) < 4.78 is 4.53. The Morgan fingerprint density at radius 1 is 0.438 bits per heavy atom. The number of fused-ring (bicyclic) bond motifs is 6. The van der Waals surface area contributed by atoms with E-state index in [9.17, 15) is 10.5 Å². The second-order valence-corrected chi connectivity index (χ2v) is 15.7. The zero-order chi connectivity index (χ0) is 34.4. The minimum Gasteiger partial charge on any atom is -0.309 e. The highest BCUT2D eigenvalue weighted by atomic mass is 15.0. The van der Waals surface area contributed by atoms with Crippen molar-refractivity contribution >= 4 is 43.6 Å². The van der Waals surface area contributed by atoms with E-state index in [-0.39, 0.29) is 0 Å². The maximum absolute atomic E-state index is 11.3. The van der Waals surface area contributed by atoms with Gasteiger partial charge in [0.25, 0.3) is 0 Å². The summed E-state index contributed by atoms with van der Waals surface area (Å²) in [5.41, 5.74) is 12.5. The van der Waals surface area contributed by atoms with Crippen LogP contribution in [0, 0.1) is 50.4 Å². The van der Waals surface area contributed by atoms with Gasteiger partial charge in [-0.3, -0.25) is 0 Å². The molecule has 0 spiro atoms. The Kier molecular flexibility index (Phi) is 6.91. The van der Waals surface area contributed by atoms with Crippen LogP contribution in [0.25, 0.3) is 55.0 Å². The largest absolute Gasteiger partial charge is 0.309 e. The van der Waals surface area contributed by atoms with Crippen LogP contribution in [0.1, 0.15) is 86.1 Å². The molecule has 0 unspecified atom stereocenters. The summed E-state index contributed by atoms with van der Waals surface area (Å²) in [5.74, 6) is 0. The topological polar surface area (TPSA) is 57.4 Å². The first-order chi connectivity index (χ1) is 22.6. The number of hydrogen-bond donors (Lipinski definition) is 0. The van der Waals surface area contributed by atoms with E-state index in [1.807, 2.05) is 0 Å². The lowest BCUT2D eigenvalue weighted by Crippen LogP contribution is -2.27. The van der Waals surface area contributed by atoms with Gasteiger partial charge in [0.15, 0.2) is 0 Å². The van der Waals surface area contributed by atoms with Crippen molar-refractivity contribution in [3.05, 3.63) is 117 Å². The predicted octanol–water partition coefficient (Wildman–Crippen LogP) is 11.5. The van der Waals surface area contributed by atoms with Crippen LogP contribution in [0.2, 0.25) is 0 Å². The van der Waals surface area contributed by atoms with Crippen molar-refractivity contribution in [2.75, 3.05) is 0 Å². The standard InChI is InChI=1S/C44H42N4/c1-25-11-15-35-29(19-25)30-20-26(2)12-16-36(30)47(35)41-33(23-45)39(43(5,6)7)42(40(34(41)24-46)44(8,9)10)48-37-17-13-27(3)21-31(37)32-22-28(4)14-18-38(32)48/h11-22H,1-10H3. The van der Waals surface area contributed by atoms with Gasteiger partial charge in [-0.1, -0.05) is 88.1 Å². The molecule has 0 bridgehead atoms. The fraction of sp³-hybridized carbons (Fsp3) is 0.273. The van der Waals surface area contributed by atoms with Gasteiger partial charge in [0, 0.05) is 32.7 Å². The second-order valence-electron chi connectivity index (χ2n) is 15.7. The number of nitriles is 2. The Hall–Kier alpha value is -5.32. The summed E-state index contributed by atoms with van der Waals surface area (Å²) in [5, 5.41) is 27.3. The molecule has 4 nitrogen and oxygen atoms in total. The molecule has 0 N–H and O–H groups in total. The van der Waals surface area contributed by atoms with E-state index in [0.29, 0.717) is 16.8 Å². The van der Waals surface area contributed by atoms with E-state index >= 15 is 0 Å². The van der Waals surface area contributed by atoms with Gasteiger partial charge in [-0.05, 0) is 87.1 Å². The summed E-state index contributed by atoms with van der Waals surface area (Å²) in [6.45, 7) is 21.6. The Balaban J connectivity index is 1.80. The van der Waals surface area contributed by atoms with Crippen molar-refractivity contribution in [1.82, 2.24) is 9.13 Å². The zero-order valence-electron chi connectivity index (χ0n) is 29.7. The van der Waals surface area contributed by atoms with E-state index in [0.717, 1.165) is 49.7 Å². The molecule has 5 aromatic carbocycles. The highest BCUT2D eigenvalue weighted by Crippen LogP contribution is 2.48. The summed E-state index contributed by atoms with van der Waals surface area (Å²) in [7, 11) is 0. The molecule has 0 saturated heterocycles. The average Bonchev–Trinajstić information content (AvgIpc) is 3.49. The maximum atomic E-state index is 11.3. The van der Waals surface area contributed by atoms with Gasteiger partial charge in [0.1, 0.15) is 12.1 Å². The minimum atomic E-state index is -0.451. The average molecular weight is 627 g/mol. The zero-order valence-corrected chi connectivity index (χ0v) is 29.7. The van der Waals surface area contributed by atoms with Crippen molar-refractivity contribution in [2.24, 2.45) is 0 Å². The number of benzene rings is 5. The number of rotatable bonds is 2. The highest BCUT2D eigenvalue weighted by Gasteiger charge is 2.37. The molecule has 0 radical (unpaired) electrons. The van der Waals surface area contributed by atoms with E-state index < -0.39 is 10.8 Å². The van der Waals surface area contributed by atoms with Crippen molar-refractivity contribution in [1.29, 1.82) is 10.5 Å². The van der Waals surface area contributed by atoms with Gasteiger partial charge < -0.3 is 9.13 Å². The predicted molar refractivity (Wildman–Crippen MR) is 201 cm³/mol. The Morgan fingerprint density at radius 3 is 0.958 bits per heavy atom. The third-order valence-electron chi connectivity index (χ3n) is 9.77. The molecule has 0 fully saturated rings. The monoisotopic (exact) mass is 626 g/mol. The third kappa shape index (κ3) is 4.55. The molecule has 0 aliphatic carbocycles. The van der Waals surface area contributed by atoms with Crippen molar-refractivity contribution in [3.8, 4) is 23.5 Å². The van der Waals surface area contributed by atoms with E-state index in [2.05, 4.69) is 163 Å².